The molecule has 0 saturated carbocycles. The molecule has 0 radical (unpaired) electrons. The van der Waals surface area contributed by atoms with Gasteiger partial charge in [0.2, 0.25) is 0 Å². The molecule has 0 fully saturated rings. The lowest BCUT2D eigenvalue weighted by Crippen LogP contribution is -2.18. The topological polar surface area (TPSA) is 20.2 Å². The molecule has 0 saturated heterocycles. The van der Waals surface area contributed by atoms with Gasteiger partial charge >= 0.3 is 0 Å². The molecule has 3 heteroatoms. The van der Waals surface area contributed by atoms with Gasteiger partial charge in [-0.25, -0.2) is 8.78 Å². The molecule has 2 unspecified atom stereocenters. The number of halogens is 2. The maximum atomic E-state index is 13.1. The molecule has 0 amide bonds. The molecule has 0 bridgehead atoms. The Morgan fingerprint density at radius 1 is 1.00 bits per heavy atom. The molecule has 1 N–H and O–H groups in total. The van der Waals surface area contributed by atoms with Crippen LogP contribution in [0.25, 0.3) is 0 Å². The first-order chi connectivity index (χ1) is 9.08. The van der Waals surface area contributed by atoms with Gasteiger partial charge in [-0.1, -0.05) is 43.3 Å². The second-order valence-corrected chi connectivity index (χ2v) is 4.72. The van der Waals surface area contributed by atoms with Gasteiger partial charge in [0.15, 0.2) is 11.6 Å². The van der Waals surface area contributed by atoms with Crippen molar-refractivity contribution in [3.05, 3.63) is 71.3 Å². The molecule has 0 spiro atoms. The Hall–Kier alpha value is -1.74. The average Bonchev–Trinajstić information content (AvgIpc) is 2.43. The summed E-state index contributed by atoms with van der Waals surface area (Å²) in [5, 5.41) is 10.2. The van der Waals surface area contributed by atoms with Gasteiger partial charge < -0.3 is 5.11 Å². The Morgan fingerprint density at radius 3 is 2.32 bits per heavy atom. The summed E-state index contributed by atoms with van der Waals surface area (Å²) in [7, 11) is 0. The van der Waals surface area contributed by atoms with Gasteiger partial charge in [-0.15, -0.1) is 0 Å². The van der Waals surface area contributed by atoms with E-state index in [4.69, 9.17) is 0 Å². The molecule has 2 atom stereocenters. The van der Waals surface area contributed by atoms with Crippen LogP contribution in [0, 0.1) is 11.6 Å². The molecule has 1 nitrogen and oxygen atoms in total. The van der Waals surface area contributed by atoms with Gasteiger partial charge in [0.05, 0.1) is 6.10 Å². The minimum absolute atomic E-state index is 0.0608. The van der Waals surface area contributed by atoms with E-state index in [9.17, 15) is 13.9 Å². The number of hydrogen-bond acceptors (Lipinski definition) is 1. The highest BCUT2D eigenvalue weighted by molar-refractivity contribution is 5.23. The van der Waals surface area contributed by atoms with E-state index in [1.54, 1.807) is 0 Å². The summed E-state index contributed by atoms with van der Waals surface area (Å²) in [6, 6.07) is 13.3. The monoisotopic (exact) mass is 262 g/mol. The molecule has 0 heterocycles. The van der Waals surface area contributed by atoms with E-state index in [-0.39, 0.29) is 5.92 Å². The van der Waals surface area contributed by atoms with E-state index < -0.39 is 17.7 Å². The lowest BCUT2D eigenvalue weighted by Gasteiger charge is -2.19. The summed E-state index contributed by atoms with van der Waals surface area (Å²) in [5.74, 6) is -1.80. The Bertz CT molecular complexity index is 540. The van der Waals surface area contributed by atoms with Crippen LogP contribution < -0.4 is 0 Å². The van der Waals surface area contributed by atoms with Crippen molar-refractivity contribution in [2.24, 2.45) is 0 Å². The van der Waals surface area contributed by atoms with Crippen LogP contribution >= 0.6 is 0 Å². The smallest absolute Gasteiger partial charge is 0.159 e. The molecule has 0 aromatic heterocycles. The zero-order valence-electron chi connectivity index (χ0n) is 10.7. The van der Waals surface area contributed by atoms with Crippen molar-refractivity contribution in [3.8, 4) is 0 Å². The van der Waals surface area contributed by atoms with E-state index in [0.717, 1.165) is 17.7 Å². The van der Waals surface area contributed by atoms with Gasteiger partial charge in [-0.2, -0.15) is 0 Å². The fourth-order valence-corrected chi connectivity index (χ4v) is 2.06. The number of aliphatic hydroxyl groups is 1. The molecule has 2 aromatic carbocycles. The number of aliphatic hydroxyl groups excluding tert-OH is 1. The van der Waals surface area contributed by atoms with E-state index in [1.807, 2.05) is 37.3 Å². The van der Waals surface area contributed by atoms with Gasteiger partial charge in [-0.05, 0) is 29.7 Å². The van der Waals surface area contributed by atoms with Gasteiger partial charge in [-0.3, -0.25) is 0 Å². The van der Waals surface area contributed by atoms with Crippen LogP contribution in [0.4, 0.5) is 8.78 Å². The lowest BCUT2D eigenvalue weighted by atomic mass is 9.91. The van der Waals surface area contributed by atoms with Crippen LogP contribution in [0.3, 0.4) is 0 Å². The van der Waals surface area contributed by atoms with E-state index in [0.29, 0.717) is 12.0 Å². The highest BCUT2D eigenvalue weighted by Crippen LogP contribution is 2.22. The van der Waals surface area contributed by atoms with Crippen LogP contribution in [0.5, 0.6) is 0 Å². The second kappa shape index (κ2) is 5.93. The largest absolute Gasteiger partial charge is 0.392 e. The lowest BCUT2D eigenvalue weighted by molar-refractivity contribution is 0.149. The number of hydrogen-bond donors (Lipinski definition) is 1. The van der Waals surface area contributed by atoms with Gasteiger partial charge in [0.1, 0.15) is 0 Å². The minimum atomic E-state index is -0.878. The highest BCUT2D eigenvalue weighted by atomic mass is 19.2. The van der Waals surface area contributed by atoms with Crippen LogP contribution in [-0.2, 0) is 6.42 Å². The fraction of sp³-hybridized carbons (Fsp3) is 0.250. The summed E-state index contributed by atoms with van der Waals surface area (Å²) in [6.45, 7) is 1.92. The first kappa shape index (κ1) is 13.7. The summed E-state index contributed by atoms with van der Waals surface area (Å²) < 4.78 is 25.9. The van der Waals surface area contributed by atoms with Crippen LogP contribution in [0.1, 0.15) is 24.0 Å². The number of rotatable bonds is 4. The zero-order valence-corrected chi connectivity index (χ0v) is 10.7. The third-order valence-corrected chi connectivity index (χ3v) is 3.33. The zero-order chi connectivity index (χ0) is 13.8. The van der Waals surface area contributed by atoms with Crippen molar-refractivity contribution in [1.82, 2.24) is 0 Å². The van der Waals surface area contributed by atoms with Crippen molar-refractivity contribution in [1.29, 1.82) is 0 Å². The predicted molar refractivity (Wildman–Crippen MR) is 70.9 cm³/mol. The third-order valence-electron chi connectivity index (χ3n) is 3.33. The minimum Gasteiger partial charge on any atom is -0.392 e. The van der Waals surface area contributed by atoms with Crippen LogP contribution in [-0.4, -0.2) is 11.2 Å². The fourth-order valence-electron chi connectivity index (χ4n) is 2.06. The molecule has 2 aromatic rings. The molecule has 100 valence electrons. The molecule has 0 aliphatic rings. The third kappa shape index (κ3) is 3.38. The van der Waals surface area contributed by atoms with Crippen molar-refractivity contribution in [3.63, 3.8) is 0 Å². The summed E-state index contributed by atoms with van der Waals surface area (Å²) in [5.41, 5.74) is 1.62. The molecular weight excluding hydrogens is 246 g/mol. The van der Waals surface area contributed by atoms with Crippen LogP contribution in [0.15, 0.2) is 48.5 Å². The van der Waals surface area contributed by atoms with Crippen LogP contribution in [0.2, 0.25) is 0 Å². The van der Waals surface area contributed by atoms with E-state index in [2.05, 4.69) is 0 Å². The summed E-state index contributed by atoms with van der Waals surface area (Å²) in [6.07, 6.45) is -0.333. The molecule has 2 rings (SSSR count). The maximum Gasteiger partial charge on any atom is 0.159 e. The molecule has 0 aliphatic heterocycles. The molecule has 19 heavy (non-hydrogen) atoms. The predicted octanol–water partition coefficient (Wildman–Crippen LogP) is 3.67. The average molecular weight is 262 g/mol. The molecular formula is C16H16F2O. The second-order valence-electron chi connectivity index (χ2n) is 4.72. The van der Waals surface area contributed by atoms with Crippen molar-refractivity contribution in [2.45, 2.75) is 25.4 Å². The first-order valence-corrected chi connectivity index (χ1v) is 6.25. The SMILES string of the molecule is CC(c1ccccc1)C(O)Cc1ccc(F)c(F)c1. The highest BCUT2D eigenvalue weighted by Gasteiger charge is 2.17. The first-order valence-electron chi connectivity index (χ1n) is 6.25. The molecule has 0 aliphatic carbocycles. The standard InChI is InChI=1S/C16H16F2O/c1-11(13-5-3-2-4-6-13)16(19)10-12-7-8-14(17)15(18)9-12/h2-9,11,16,19H,10H2,1H3. The van der Waals surface area contributed by atoms with Crippen molar-refractivity contribution < 1.29 is 13.9 Å². The Kier molecular flexibility index (Phi) is 4.27. The van der Waals surface area contributed by atoms with Gasteiger partial charge in [0, 0.05) is 5.92 Å². The summed E-state index contributed by atoms with van der Waals surface area (Å²) >= 11 is 0. The van der Waals surface area contributed by atoms with Crippen molar-refractivity contribution in [2.75, 3.05) is 0 Å². The maximum absolute atomic E-state index is 13.1. The quantitative estimate of drug-likeness (QED) is 0.891. The number of benzene rings is 2. The van der Waals surface area contributed by atoms with E-state index in [1.165, 1.54) is 6.07 Å². The van der Waals surface area contributed by atoms with Crippen molar-refractivity contribution >= 4 is 0 Å². The Labute approximate surface area is 111 Å². The normalized spacial score (nSPS) is 14.1. The Morgan fingerprint density at radius 2 is 1.68 bits per heavy atom. The van der Waals surface area contributed by atoms with Gasteiger partial charge in [0.25, 0.3) is 0 Å². The Balaban J connectivity index is 2.08. The summed E-state index contributed by atoms with van der Waals surface area (Å²) in [4.78, 5) is 0. The van der Waals surface area contributed by atoms with E-state index >= 15 is 0 Å².